The molecule has 5 aromatic carbocycles. The Morgan fingerprint density at radius 3 is 1.76 bits per heavy atom. The summed E-state index contributed by atoms with van der Waals surface area (Å²) >= 11 is 0. The van der Waals surface area contributed by atoms with Crippen molar-refractivity contribution in [1.29, 1.82) is 10.8 Å². The van der Waals surface area contributed by atoms with Crippen LogP contribution in [-0.2, 0) is 0 Å². The highest BCUT2D eigenvalue weighted by molar-refractivity contribution is 6.68. The average Bonchev–Trinajstić information content (AvgIpc) is 3.08. The van der Waals surface area contributed by atoms with E-state index in [1.165, 1.54) is 27.3 Å². The highest BCUT2D eigenvalue weighted by atomic mass is 15.0. The molecule has 10 heteroatoms. The van der Waals surface area contributed by atoms with Crippen LogP contribution in [0.5, 0.6) is 0 Å². The minimum Gasteiger partial charge on any atom is -0.299 e. The van der Waals surface area contributed by atoms with Crippen molar-refractivity contribution >= 4 is 94.8 Å². The van der Waals surface area contributed by atoms with E-state index in [0.29, 0.717) is 17.5 Å². The fourth-order valence-corrected chi connectivity index (χ4v) is 6.33. The maximum absolute atomic E-state index is 8.71. The molecule has 0 radical (unpaired) electrons. The third-order valence-electron chi connectivity index (χ3n) is 9.35. The fraction of sp³-hybridized carbons (Fsp3) is 0. The lowest BCUT2D eigenvalue weighted by atomic mass is 9.60. The average molecular weight is 573 g/mol. The summed E-state index contributed by atoms with van der Waals surface area (Å²) < 4.78 is 0. The number of nitrogens with zero attached hydrogens (tertiary/aromatic N) is 3. The Morgan fingerprint density at radius 1 is 0.467 bits per heavy atom. The van der Waals surface area contributed by atoms with Crippen molar-refractivity contribution < 1.29 is 0 Å². The lowest BCUT2D eigenvalue weighted by Crippen LogP contribution is -2.55. The molecular weight excluding hydrogens is 544 g/mol. The monoisotopic (exact) mass is 573 g/mol. The SMILES string of the molecule is Bc1c(B)c(B)c(-c2nc(-c3cccc(-c4ccccc4)c3)nc(-c3ccc4ccc5c(c4c3)C(=N)C(=N)C=C5)n2)c(B)c1B. The first-order valence-electron chi connectivity index (χ1n) is 15.1. The molecule has 0 saturated carbocycles. The number of rotatable bonds is 4. The van der Waals surface area contributed by atoms with Crippen LogP contribution >= 0.6 is 0 Å². The van der Waals surface area contributed by atoms with Crippen LogP contribution in [0.15, 0.2) is 91.0 Å². The molecule has 1 aliphatic carbocycles. The third kappa shape index (κ3) is 4.87. The van der Waals surface area contributed by atoms with Gasteiger partial charge >= 0.3 is 0 Å². The van der Waals surface area contributed by atoms with Crippen LogP contribution in [0.2, 0.25) is 0 Å². The number of fused-ring (bicyclic) bond motifs is 3. The number of hydrogen-bond acceptors (Lipinski definition) is 5. The van der Waals surface area contributed by atoms with E-state index in [0.717, 1.165) is 49.7 Å². The van der Waals surface area contributed by atoms with Gasteiger partial charge in [-0.3, -0.25) is 10.8 Å². The Morgan fingerprint density at radius 2 is 1.04 bits per heavy atom. The predicted molar refractivity (Wildman–Crippen MR) is 204 cm³/mol. The first kappa shape index (κ1) is 28.5. The van der Waals surface area contributed by atoms with Gasteiger partial charge in [0, 0.05) is 22.3 Å². The molecule has 0 fully saturated rings. The zero-order valence-corrected chi connectivity index (χ0v) is 26.1. The smallest absolute Gasteiger partial charge is 0.164 e. The zero-order chi connectivity index (χ0) is 31.4. The van der Waals surface area contributed by atoms with E-state index in [2.05, 4.69) is 87.8 Å². The van der Waals surface area contributed by atoms with Gasteiger partial charge in [-0.2, -0.15) is 0 Å². The van der Waals surface area contributed by atoms with Gasteiger partial charge < -0.3 is 0 Å². The van der Waals surface area contributed by atoms with Crippen molar-refractivity contribution in [2.45, 2.75) is 0 Å². The second-order valence-electron chi connectivity index (χ2n) is 11.8. The van der Waals surface area contributed by atoms with Crippen LogP contribution in [0, 0.1) is 10.8 Å². The van der Waals surface area contributed by atoms with Crippen LogP contribution < -0.4 is 27.3 Å². The van der Waals surface area contributed by atoms with E-state index in [-0.39, 0.29) is 11.4 Å². The fourth-order valence-electron chi connectivity index (χ4n) is 6.33. The quantitative estimate of drug-likeness (QED) is 0.277. The minimum atomic E-state index is 0.208. The molecule has 0 unspecified atom stereocenters. The van der Waals surface area contributed by atoms with Crippen molar-refractivity contribution in [3.8, 4) is 45.3 Å². The van der Waals surface area contributed by atoms with Crippen molar-refractivity contribution in [3.05, 3.63) is 102 Å². The summed E-state index contributed by atoms with van der Waals surface area (Å²) in [6, 6.07) is 28.9. The Hall–Kier alpha value is -5.23. The molecule has 0 amide bonds. The molecule has 0 spiro atoms. The van der Waals surface area contributed by atoms with Crippen LogP contribution in [0.3, 0.4) is 0 Å². The molecule has 0 bridgehead atoms. The lowest BCUT2D eigenvalue weighted by molar-refractivity contribution is 1.08. The van der Waals surface area contributed by atoms with Crippen LogP contribution in [-0.4, -0.2) is 65.6 Å². The van der Waals surface area contributed by atoms with E-state index in [4.69, 9.17) is 25.8 Å². The largest absolute Gasteiger partial charge is 0.299 e. The maximum Gasteiger partial charge on any atom is 0.164 e. The number of allylic oxidation sites excluding steroid dienone is 1. The van der Waals surface area contributed by atoms with Gasteiger partial charge in [-0.25, -0.2) is 15.0 Å². The van der Waals surface area contributed by atoms with Gasteiger partial charge in [-0.05, 0) is 45.7 Å². The van der Waals surface area contributed by atoms with E-state index in [1.54, 1.807) is 6.08 Å². The van der Waals surface area contributed by atoms with Crippen molar-refractivity contribution in [2.75, 3.05) is 0 Å². The van der Waals surface area contributed by atoms with Crippen molar-refractivity contribution in [1.82, 2.24) is 15.0 Å². The minimum absolute atomic E-state index is 0.208. The standard InChI is InChI=1S/C35H28B5N5/c36-27-26(28(37)30(39)31(40)29(27)38)35-44-33(21-8-4-7-20(15-21)17-5-2-1-3-6-17)43-34(45-35)22-12-10-18-9-11-19-13-14-24(41)32(42)25(19)23(18)16-22/h1-16,41-42H,36-40H2. The molecule has 208 valence electrons. The molecular formula is C35H28B5N5. The molecule has 7 rings (SSSR count). The summed E-state index contributed by atoms with van der Waals surface area (Å²) in [5.41, 5.74) is 13.3. The van der Waals surface area contributed by atoms with E-state index in [9.17, 15) is 0 Å². The molecule has 5 nitrogen and oxygen atoms in total. The molecule has 0 aliphatic heterocycles. The number of hydrogen-bond donors (Lipinski definition) is 2. The predicted octanol–water partition coefficient (Wildman–Crippen LogP) is -0.601. The molecule has 1 aliphatic rings. The second-order valence-corrected chi connectivity index (χ2v) is 11.8. The van der Waals surface area contributed by atoms with Gasteiger partial charge in [0.25, 0.3) is 0 Å². The maximum atomic E-state index is 8.71. The Kier molecular flexibility index (Phi) is 7.01. The molecule has 2 N–H and O–H groups in total. The lowest BCUT2D eigenvalue weighted by Gasteiger charge is -2.20. The summed E-state index contributed by atoms with van der Waals surface area (Å²) in [7, 11) is 10.8. The summed E-state index contributed by atoms with van der Waals surface area (Å²) in [6.07, 6.45) is 3.60. The Balaban J connectivity index is 1.48. The molecule has 0 saturated heterocycles. The first-order chi connectivity index (χ1) is 21.7. The Labute approximate surface area is 267 Å². The molecule has 0 atom stereocenters. The molecule has 6 aromatic rings. The number of benzene rings is 5. The van der Waals surface area contributed by atoms with Crippen LogP contribution in [0.25, 0.3) is 62.1 Å². The highest BCUT2D eigenvalue weighted by Gasteiger charge is 2.21. The van der Waals surface area contributed by atoms with E-state index in [1.807, 2.05) is 42.5 Å². The molecule has 45 heavy (non-hydrogen) atoms. The summed E-state index contributed by atoms with van der Waals surface area (Å²) in [4.78, 5) is 15.3. The number of nitrogens with one attached hydrogen (secondary N) is 2. The van der Waals surface area contributed by atoms with Crippen LogP contribution in [0.1, 0.15) is 11.1 Å². The van der Waals surface area contributed by atoms with Gasteiger partial charge in [0.15, 0.2) is 17.5 Å². The van der Waals surface area contributed by atoms with Gasteiger partial charge in [0.2, 0.25) is 0 Å². The first-order valence-corrected chi connectivity index (χ1v) is 15.1. The normalized spacial score (nSPS) is 12.4. The number of aromatic nitrogens is 3. The van der Waals surface area contributed by atoms with Gasteiger partial charge in [-0.1, -0.05) is 89.8 Å². The van der Waals surface area contributed by atoms with Crippen LogP contribution in [0.4, 0.5) is 0 Å². The van der Waals surface area contributed by atoms with Gasteiger partial charge in [0.05, 0.1) is 11.4 Å². The van der Waals surface area contributed by atoms with Crippen molar-refractivity contribution in [2.24, 2.45) is 0 Å². The Bertz CT molecular complexity index is 2240. The summed E-state index contributed by atoms with van der Waals surface area (Å²) in [5, 5.41) is 18.9. The summed E-state index contributed by atoms with van der Waals surface area (Å²) in [6.45, 7) is 0. The third-order valence-corrected chi connectivity index (χ3v) is 9.35. The molecule has 1 heterocycles. The van der Waals surface area contributed by atoms with E-state index < -0.39 is 0 Å². The topological polar surface area (TPSA) is 86.4 Å². The van der Waals surface area contributed by atoms with Crippen molar-refractivity contribution in [3.63, 3.8) is 0 Å². The zero-order valence-electron chi connectivity index (χ0n) is 26.1. The van der Waals surface area contributed by atoms with Gasteiger partial charge in [0.1, 0.15) is 39.2 Å². The summed E-state index contributed by atoms with van der Waals surface area (Å²) in [5.74, 6) is 1.83. The van der Waals surface area contributed by atoms with E-state index >= 15 is 0 Å². The second kappa shape index (κ2) is 11.0. The highest BCUT2D eigenvalue weighted by Crippen LogP contribution is 2.32. The van der Waals surface area contributed by atoms with Gasteiger partial charge in [-0.15, -0.1) is 16.4 Å². The molecule has 1 aromatic heterocycles.